The zero-order valence-corrected chi connectivity index (χ0v) is 20.3. The van der Waals surface area contributed by atoms with Gasteiger partial charge in [0.1, 0.15) is 36.4 Å². The molecule has 14 heteroatoms. The number of aliphatic hydroxyl groups excluding tert-OH is 2. The van der Waals surface area contributed by atoms with E-state index in [1.54, 1.807) is 0 Å². The number of fused-ring (bicyclic) bond motifs is 1. The van der Waals surface area contributed by atoms with Crippen molar-refractivity contribution in [3.63, 3.8) is 0 Å². The zero-order valence-electron chi connectivity index (χ0n) is 17.9. The maximum absolute atomic E-state index is 13.5. The Hall–Kier alpha value is -2.71. The van der Waals surface area contributed by atoms with Gasteiger partial charge in [0, 0.05) is 22.9 Å². The molecule has 2 atom stereocenters. The van der Waals surface area contributed by atoms with E-state index in [0.717, 1.165) is 10.8 Å². The van der Waals surface area contributed by atoms with Gasteiger partial charge in [-0.1, -0.05) is 11.6 Å². The summed E-state index contributed by atoms with van der Waals surface area (Å²) in [5.41, 5.74) is 0.962. The monoisotopic (exact) mass is 542 g/mol. The summed E-state index contributed by atoms with van der Waals surface area (Å²) in [6.07, 6.45) is 0.280. The summed E-state index contributed by atoms with van der Waals surface area (Å²) in [7, 11) is -2.91. The molecule has 1 fully saturated rings. The summed E-state index contributed by atoms with van der Waals surface area (Å²) < 4.78 is 43.5. The molecule has 35 heavy (non-hydrogen) atoms. The number of nitrogens with zero attached hydrogens (tertiary/aromatic N) is 2. The molecule has 4 N–H and O–H groups in total. The molecule has 10 nitrogen and oxygen atoms in total. The molecule has 1 aliphatic heterocycles. The summed E-state index contributed by atoms with van der Waals surface area (Å²) >= 11 is 5.86. The molecule has 186 valence electrons. The number of anilines is 3. The molecule has 1 aromatic heterocycles. The third kappa shape index (κ3) is 5.76. The lowest BCUT2D eigenvalue weighted by Gasteiger charge is -2.17. The van der Waals surface area contributed by atoms with Gasteiger partial charge in [-0.15, -0.1) is 0 Å². The molecular formula is C21H20ClFN4O6S2. The molecule has 0 spiro atoms. The lowest BCUT2D eigenvalue weighted by molar-refractivity contribution is -0.115. The number of nitrogens with one attached hydrogen (secondary N) is 2. The van der Waals surface area contributed by atoms with Crippen LogP contribution in [-0.2, 0) is 13.7 Å². The number of rotatable bonds is 8. The van der Waals surface area contributed by atoms with Gasteiger partial charge in [-0.25, -0.2) is 22.8 Å². The van der Waals surface area contributed by atoms with E-state index in [4.69, 9.17) is 21.4 Å². The average Bonchev–Trinajstić information content (AvgIpc) is 3.19. The number of hydrogen-bond donors (Lipinski definition) is 4. The van der Waals surface area contributed by atoms with E-state index in [1.807, 2.05) is 0 Å². The SMILES string of the molecule is O=C(Nc1cc2c(Nc3ccc(F)c(Cl)c3)ncnc2cc1OCC(O)CO)C1CCSS1(=O)=O. The Balaban J connectivity index is 1.72. The Morgan fingerprint density at radius 3 is 2.80 bits per heavy atom. The first kappa shape index (κ1) is 25.4. The third-order valence-electron chi connectivity index (χ3n) is 5.09. The van der Waals surface area contributed by atoms with Crippen LogP contribution in [0.2, 0.25) is 5.02 Å². The van der Waals surface area contributed by atoms with Crippen molar-refractivity contribution in [2.45, 2.75) is 17.8 Å². The molecule has 0 radical (unpaired) electrons. The van der Waals surface area contributed by atoms with Crippen molar-refractivity contribution in [2.24, 2.45) is 0 Å². The summed E-state index contributed by atoms with van der Waals surface area (Å²) in [5, 5.41) is 23.5. The standard InChI is InChI=1S/C21H20ClFN4O6S2/c22-14-5-11(1-2-15(14)23)26-20-13-6-17(27-21(30)19-3-4-34-35(19,31)32)18(33-9-12(29)8-28)7-16(13)24-10-25-20/h1-2,5-7,10,12,19,28-29H,3-4,8-9H2,(H,27,30)(H,24,25,26). The highest BCUT2D eigenvalue weighted by Gasteiger charge is 2.38. The molecule has 2 heterocycles. The zero-order chi connectivity index (χ0) is 25.2. The number of aromatic nitrogens is 2. The van der Waals surface area contributed by atoms with Gasteiger partial charge < -0.3 is 25.6 Å². The van der Waals surface area contributed by atoms with E-state index in [2.05, 4.69) is 20.6 Å². The number of hydrogen-bond acceptors (Lipinski definition) is 10. The van der Waals surface area contributed by atoms with Crippen LogP contribution in [-0.4, -0.2) is 64.8 Å². The Labute approximate surface area is 208 Å². The predicted molar refractivity (Wildman–Crippen MR) is 131 cm³/mol. The fourth-order valence-electron chi connectivity index (χ4n) is 3.32. The van der Waals surface area contributed by atoms with Crippen LogP contribution in [0, 0.1) is 5.82 Å². The van der Waals surface area contributed by atoms with Crippen molar-refractivity contribution < 1.29 is 32.6 Å². The van der Waals surface area contributed by atoms with Crippen LogP contribution in [0.25, 0.3) is 10.9 Å². The lowest BCUT2D eigenvalue weighted by Crippen LogP contribution is -2.31. The number of aliphatic hydroxyl groups is 2. The summed E-state index contributed by atoms with van der Waals surface area (Å²) in [5.74, 6) is -0.581. The fourth-order valence-corrected chi connectivity index (χ4v) is 7.14. The minimum atomic E-state index is -3.64. The minimum Gasteiger partial charge on any atom is -0.489 e. The topological polar surface area (TPSA) is 151 Å². The van der Waals surface area contributed by atoms with E-state index in [1.165, 1.54) is 36.7 Å². The van der Waals surface area contributed by atoms with E-state index in [9.17, 15) is 22.7 Å². The first-order valence-electron chi connectivity index (χ1n) is 10.3. The van der Waals surface area contributed by atoms with E-state index >= 15 is 0 Å². The normalized spacial score (nSPS) is 17.8. The van der Waals surface area contributed by atoms with Crippen molar-refractivity contribution in [3.05, 3.63) is 47.5 Å². The van der Waals surface area contributed by atoms with Gasteiger partial charge in [-0.3, -0.25) is 4.79 Å². The van der Waals surface area contributed by atoms with Gasteiger partial charge in [0.15, 0.2) is 5.25 Å². The van der Waals surface area contributed by atoms with Gasteiger partial charge in [0.25, 0.3) is 0 Å². The highest BCUT2D eigenvalue weighted by Crippen LogP contribution is 2.36. The summed E-state index contributed by atoms with van der Waals surface area (Å²) in [6, 6.07) is 7.02. The van der Waals surface area contributed by atoms with Gasteiger partial charge in [-0.2, -0.15) is 0 Å². The molecule has 1 saturated heterocycles. The van der Waals surface area contributed by atoms with Crippen LogP contribution in [0.4, 0.5) is 21.6 Å². The van der Waals surface area contributed by atoms with Gasteiger partial charge in [-0.05, 0) is 41.5 Å². The number of amides is 1. The average molecular weight is 543 g/mol. The van der Waals surface area contributed by atoms with Gasteiger partial charge in [0.2, 0.25) is 14.8 Å². The quantitative estimate of drug-likeness (QED) is 0.313. The Bertz CT molecular complexity index is 1380. The van der Waals surface area contributed by atoms with Crippen LogP contribution in [0.15, 0.2) is 36.7 Å². The maximum Gasteiger partial charge on any atom is 0.243 e. The van der Waals surface area contributed by atoms with Crippen LogP contribution >= 0.6 is 22.4 Å². The number of halogens is 2. The maximum atomic E-state index is 13.5. The number of carbonyl (C=O) groups is 1. The Kier molecular flexibility index (Phi) is 7.62. The van der Waals surface area contributed by atoms with Crippen LogP contribution in [0.5, 0.6) is 5.75 Å². The molecule has 2 aromatic carbocycles. The van der Waals surface area contributed by atoms with Crippen molar-refractivity contribution in [1.29, 1.82) is 0 Å². The fraction of sp³-hybridized carbons (Fsp3) is 0.286. The number of carbonyl (C=O) groups excluding carboxylic acids is 1. The third-order valence-corrected chi connectivity index (χ3v) is 9.44. The second-order valence-corrected chi connectivity index (χ2v) is 12.3. The van der Waals surface area contributed by atoms with Crippen molar-refractivity contribution in [1.82, 2.24) is 9.97 Å². The molecular weight excluding hydrogens is 523 g/mol. The van der Waals surface area contributed by atoms with Gasteiger partial charge >= 0.3 is 0 Å². The second-order valence-electron chi connectivity index (χ2n) is 7.57. The molecule has 2 unspecified atom stereocenters. The predicted octanol–water partition coefficient (Wildman–Crippen LogP) is 2.67. The molecule has 3 aromatic rings. The lowest BCUT2D eigenvalue weighted by atomic mass is 10.1. The summed E-state index contributed by atoms with van der Waals surface area (Å²) in [6.45, 7) is -0.823. The highest BCUT2D eigenvalue weighted by molar-refractivity contribution is 8.72. The van der Waals surface area contributed by atoms with Gasteiger partial charge in [0.05, 0.1) is 22.8 Å². The number of benzene rings is 2. The Morgan fingerprint density at radius 1 is 1.31 bits per heavy atom. The van der Waals surface area contributed by atoms with E-state index in [0.29, 0.717) is 28.2 Å². The summed E-state index contributed by atoms with van der Waals surface area (Å²) in [4.78, 5) is 21.2. The smallest absolute Gasteiger partial charge is 0.243 e. The Morgan fingerprint density at radius 2 is 2.11 bits per heavy atom. The first-order chi connectivity index (χ1) is 16.7. The molecule has 4 rings (SSSR count). The minimum absolute atomic E-state index is 0.0879. The van der Waals surface area contributed by atoms with Crippen LogP contribution < -0.4 is 15.4 Å². The molecule has 0 saturated carbocycles. The molecule has 1 aliphatic rings. The molecule has 0 aliphatic carbocycles. The molecule has 1 amide bonds. The van der Waals surface area contributed by atoms with Crippen LogP contribution in [0.3, 0.4) is 0 Å². The number of ether oxygens (including phenoxy) is 1. The second kappa shape index (κ2) is 10.5. The first-order valence-corrected chi connectivity index (χ1v) is 13.7. The van der Waals surface area contributed by atoms with Crippen molar-refractivity contribution in [2.75, 3.05) is 29.6 Å². The molecule has 0 bridgehead atoms. The van der Waals surface area contributed by atoms with Crippen molar-refractivity contribution >= 4 is 65.3 Å². The van der Waals surface area contributed by atoms with Crippen molar-refractivity contribution in [3.8, 4) is 5.75 Å². The van der Waals surface area contributed by atoms with Crippen LogP contribution in [0.1, 0.15) is 6.42 Å². The van der Waals surface area contributed by atoms with E-state index < -0.39 is 38.6 Å². The highest BCUT2D eigenvalue weighted by atomic mass is 35.5. The van der Waals surface area contributed by atoms with E-state index in [-0.39, 0.29) is 29.5 Å². The largest absolute Gasteiger partial charge is 0.489 e.